The second-order valence-corrected chi connectivity index (χ2v) is 8.33. The zero-order valence-corrected chi connectivity index (χ0v) is 22.8. The Bertz CT molecular complexity index is 1310. The van der Waals surface area contributed by atoms with Crippen LogP contribution < -0.4 is 29.7 Å². The van der Waals surface area contributed by atoms with Crippen molar-refractivity contribution in [1.29, 1.82) is 0 Å². The highest BCUT2D eigenvalue weighted by Crippen LogP contribution is 2.29. The van der Waals surface area contributed by atoms with Crippen LogP contribution in [0.25, 0.3) is 0 Å². The number of carbonyl (C=O) groups excluding carboxylic acids is 3. The predicted molar refractivity (Wildman–Crippen MR) is 150 cm³/mol. The number of benzene rings is 3. The van der Waals surface area contributed by atoms with Gasteiger partial charge in [0.25, 0.3) is 11.8 Å². The Hall–Kier alpha value is -4.86. The monoisotopic (exact) mass is 547 g/mol. The van der Waals surface area contributed by atoms with Crippen LogP contribution in [0.15, 0.2) is 71.8 Å². The molecule has 0 atom stereocenters. The molecule has 40 heavy (non-hydrogen) atoms. The number of hydrogen-bond acceptors (Lipinski definition) is 8. The molecular weight excluding hydrogens is 514 g/mol. The van der Waals surface area contributed by atoms with E-state index in [1.807, 2.05) is 20.8 Å². The number of hydrazone groups is 1. The Morgan fingerprint density at radius 2 is 1.43 bits per heavy atom. The van der Waals surface area contributed by atoms with Crippen molar-refractivity contribution >= 4 is 24.0 Å². The van der Waals surface area contributed by atoms with E-state index in [0.717, 1.165) is 6.42 Å². The summed E-state index contributed by atoms with van der Waals surface area (Å²) in [6.07, 6.45) is 2.30. The normalized spacial score (nSPS) is 10.6. The molecule has 0 aliphatic heterocycles. The van der Waals surface area contributed by atoms with Crippen LogP contribution in [0.1, 0.15) is 53.5 Å². The largest absolute Gasteiger partial charge is 0.494 e. The topological polar surface area (TPSA) is 125 Å². The van der Waals surface area contributed by atoms with Crippen LogP contribution in [0.5, 0.6) is 23.0 Å². The van der Waals surface area contributed by atoms with E-state index >= 15 is 0 Å². The van der Waals surface area contributed by atoms with Crippen LogP contribution in [0.3, 0.4) is 0 Å². The minimum Gasteiger partial charge on any atom is -0.494 e. The van der Waals surface area contributed by atoms with Gasteiger partial charge in [-0.05, 0) is 92.6 Å². The lowest BCUT2D eigenvalue weighted by atomic mass is 10.2. The highest BCUT2D eigenvalue weighted by molar-refractivity contribution is 5.96. The third kappa shape index (κ3) is 9.16. The lowest BCUT2D eigenvalue weighted by Crippen LogP contribution is -2.34. The number of amides is 2. The highest BCUT2D eigenvalue weighted by Gasteiger charge is 2.14. The maximum absolute atomic E-state index is 12.6. The fourth-order valence-corrected chi connectivity index (χ4v) is 3.37. The summed E-state index contributed by atoms with van der Waals surface area (Å²) in [6.45, 7) is 6.92. The molecule has 0 spiro atoms. The van der Waals surface area contributed by atoms with Crippen LogP contribution in [0.2, 0.25) is 0 Å². The maximum atomic E-state index is 12.6. The third-order valence-corrected chi connectivity index (χ3v) is 5.27. The van der Waals surface area contributed by atoms with Crippen LogP contribution in [-0.4, -0.2) is 50.4 Å². The minimum absolute atomic E-state index is 0.247. The summed E-state index contributed by atoms with van der Waals surface area (Å²) in [5, 5.41) is 6.46. The van der Waals surface area contributed by atoms with Gasteiger partial charge in [0.05, 0.1) is 38.1 Å². The van der Waals surface area contributed by atoms with Gasteiger partial charge in [0.15, 0.2) is 11.5 Å². The van der Waals surface area contributed by atoms with Gasteiger partial charge in [-0.15, -0.1) is 0 Å². The summed E-state index contributed by atoms with van der Waals surface area (Å²) in [4.78, 5) is 37.0. The SMILES string of the molecule is CCCOc1ccc(C(=O)Oc2ccc(/C=N/NC(=O)CNC(=O)c3ccc(OCC)cc3)cc2OCC)cc1. The van der Waals surface area contributed by atoms with E-state index in [2.05, 4.69) is 15.8 Å². The molecule has 3 aromatic rings. The first-order chi connectivity index (χ1) is 19.4. The molecule has 3 rings (SSSR count). The molecule has 0 saturated heterocycles. The quantitative estimate of drug-likeness (QED) is 0.133. The Morgan fingerprint density at radius 3 is 2.08 bits per heavy atom. The fraction of sp³-hybridized carbons (Fsp3) is 0.267. The maximum Gasteiger partial charge on any atom is 0.343 e. The molecule has 0 unspecified atom stereocenters. The highest BCUT2D eigenvalue weighted by atomic mass is 16.6. The van der Waals surface area contributed by atoms with Crippen molar-refractivity contribution in [3.8, 4) is 23.0 Å². The number of ether oxygens (including phenoxy) is 4. The van der Waals surface area contributed by atoms with Crippen molar-refractivity contribution in [2.75, 3.05) is 26.4 Å². The minimum atomic E-state index is -0.538. The molecule has 2 N–H and O–H groups in total. The summed E-state index contributed by atoms with van der Waals surface area (Å²) in [5.74, 6) is 0.496. The summed E-state index contributed by atoms with van der Waals surface area (Å²) in [7, 11) is 0. The summed E-state index contributed by atoms with van der Waals surface area (Å²) < 4.78 is 22.1. The number of rotatable bonds is 14. The molecular formula is C30H33N3O7. The molecule has 0 fully saturated rings. The average Bonchev–Trinajstić information content (AvgIpc) is 2.97. The van der Waals surface area contributed by atoms with Crippen LogP contribution >= 0.6 is 0 Å². The van der Waals surface area contributed by atoms with E-state index in [1.165, 1.54) is 6.21 Å². The molecule has 210 valence electrons. The average molecular weight is 548 g/mol. The Morgan fingerprint density at radius 1 is 0.775 bits per heavy atom. The van der Waals surface area contributed by atoms with E-state index in [1.54, 1.807) is 66.7 Å². The third-order valence-electron chi connectivity index (χ3n) is 5.27. The molecule has 0 aliphatic rings. The van der Waals surface area contributed by atoms with Gasteiger partial charge in [-0.1, -0.05) is 6.92 Å². The van der Waals surface area contributed by atoms with Crippen LogP contribution in [0, 0.1) is 0 Å². The zero-order chi connectivity index (χ0) is 28.7. The molecule has 10 heteroatoms. The van der Waals surface area contributed by atoms with Gasteiger partial charge in [0, 0.05) is 5.56 Å². The van der Waals surface area contributed by atoms with Gasteiger partial charge < -0.3 is 24.3 Å². The predicted octanol–water partition coefficient (Wildman–Crippen LogP) is 4.37. The molecule has 0 aromatic heterocycles. The van der Waals surface area contributed by atoms with E-state index < -0.39 is 17.8 Å². The van der Waals surface area contributed by atoms with Gasteiger partial charge in [-0.2, -0.15) is 5.10 Å². The van der Waals surface area contributed by atoms with Crippen molar-refractivity contribution in [2.45, 2.75) is 27.2 Å². The molecule has 0 heterocycles. The molecule has 0 bridgehead atoms. The molecule has 3 aromatic carbocycles. The van der Waals surface area contributed by atoms with E-state index in [0.29, 0.717) is 53.8 Å². The van der Waals surface area contributed by atoms with Gasteiger partial charge in [-0.25, -0.2) is 10.2 Å². The summed E-state index contributed by atoms with van der Waals surface area (Å²) in [5.41, 5.74) is 3.73. The summed E-state index contributed by atoms with van der Waals surface area (Å²) >= 11 is 0. The number of hydrogen-bond donors (Lipinski definition) is 2. The van der Waals surface area contributed by atoms with E-state index in [9.17, 15) is 14.4 Å². The van der Waals surface area contributed by atoms with Crippen molar-refractivity contribution in [1.82, 2.24) is 10.7 Å². The lowest BCUT2D eigenvalue weighted by Gasteiger charge is -2.12. The van der Waals surface area contributed by atoms with E-state index in [-0.39, 0.29) is 12.3 Å². The summed E-state index contributed by atoms with van der Waals surface area (Å²) in [6, 6.07) is 18.2. The Labute approximate surface area is 233 Å². The van der Waals surface area contributed by atoms with Crippen LogP contribution in [-0.2, 0) is 4.79 Å². The lowest BCUT2D eigenvalue weighted by molar-refractivity contribution is -0.120. The number of nitrogens with zero attached hydrogens (tertiary/aromatic N) is 1. The number of esters is 1. The molecule has 10 nitrogen and oxygen atoms in total. The standard InChI is InChI=1S/C30H33N3O7/c1-4-17-39-25-14-10-23(11-15-25)30(36)40-26-16-7-21(18-27(26)38-6-3)19-32-33-28(34)20-31-29(35)22-8-12-24(13-9-22)37-5-2/h7-16,18-19H,4-6,17,20H2,1-3H3,(H,31,35)(H,33,34)/b32-19+. The molecule has 0 radical (unpaired) electrons. The van der Waals surface area contributed by atoms with Gasteiger partial charge in [0.2, 0.25) is 0 Å². The first-order valence-electron chi connectivity index (χ1n) is 13.0. The second-order valence-electron chi connectivity index (χ2n) is 8.33. The second kappa shape index (κ2) is 15.5. The van der Waals surface area contributed by atoms with E-state index in [4.69, 9.17) is 18.9 Å². The van der Waals surface area contributed by atoms with Gasteiger partial charge in [0.1, 0.15) is 11.5 Å². The Kier molecular flexibility index (Phi) is 11.5. The molecule has 0 aliphatic carbocycles. The van der Waals surface area contributed by atoms with Crippen molar-refractivity contribution in [3.05, 3.63) is 83.4 Å². The molecule has 0 saturated carbocycles. The van der Waals surface area contributed by atoms with Crippen molar-refractivity contribution in [3.63, 3.8) is 0 Å². The smallest absolute Gasteiger partial charge is 0.343 e. The van der Waals surface area contributed by atoms with Gasteiger partial charge >= 0.3 is 5.97 Å². The molecule has 2 amide bonds. The zero-order valence-electron chi connectivity index (χ0n) is 22.8. The van der Waals surface area contributed by atoms with Crippen molar-refractivity contribution in [2.24, 2.45) is 5.10 Å². The van der Waals surface area contributed by atoms with Crippen molar-refractivity contribution < 1.29 is 33.3 Å². The van der Waals surface area contributed by atoms with Crippen LogP contribution in [0.4, 0.5) is 0 Å². The number of nitrogens with one attached hydrogen (secondary N) is 2. The Balaban J connectivity index is 1.53. The van der Waals surface area contributed by atoms with Gasteiger partial charge in [-0.3, -0.25) is 9.59 Å². The fourth-order valence-electron chi connectivity index (χ4n) is 3.37. The number of carbonyl (C=O) groups is 3. The first-order valence-corrected chi connectivity index (χ1v) is 13.0. The first kappa shape index (κ1) is 29.7.